The summed E-state index contributed by atoms with van der Waals surface area (Å²) in [4.78, 5) is 4.08. The quantitative estimate of drug-likeness (QED) is 0.830. The molecule has 0 aliphatic carbocycles. The summed E-state index contributed by atoms with van der Waals surface area (Å²) in [6.45, 7) is 0.186. The molecule has 0 saturated carbocycles. The van der Waals surface area contributed by atoms with E-state index >= 15 is 0 Å². The minimum atomic E-state index is -0.0461. The summed E-state index contributed by atoms with van der Waals surface area (Å²) in [7, 11) is 0. The smallest absolute Gasteiger partial charge is 0.110 e. The fourth-order valence-corrected chi connectivity index (χ4v) is 1.69. The molecular weight excluding hydrogens is 267 g/mol. The van der Waals surface area contributed by atoms with Crippen LogP contribution >= 0.6 is 28.3 Å². The van der Waals surface area contributed by atoms with Crippen molar-refractivity contribution in [3.63, 3.8) is 0 Å². The number of nitrogens with two attached hydrogens (primary N) is 1. The van der Waals surface area contributed by atoms with Crippen LogP contribution < -0.4 is 5.73 Å². The summed E-state index contributed by atoms with van der Waals surface area (Å²) >= 11 is 3.34. The van der Waals surface area contributed by atoms with Gasteiger partial charge < -0.3 is 10.8 Å². The number of aliphatic hydroxyl groups is 1. The number of aromatic nitrogens is 1. The molecule has 3 N–H and O–H groups in total. The Kier molecular flexibility index (Phi) is 7.09. The first kappa shape index (κ1) is 13.8. The van der Waals surface area contributed by atoms with Gasteiger partial charge in [0.25, 0.3) is 0 Å². The summed E-state index contributed by atoms with van der Waals surface area (Å²) in [5.41, 5.74) is 6.90. The lowest BCUT2D eigenvalue weighted by atomic mass is 10.1. The molecule has 1 aromatic heterocycles. The van der Waals surface area contributed by atoms with Crippen LogP contribution in [0.25, 0.3) is 0 Å². The minimum Gasteiger partial charge on any atom is -0.396 e. The molecule has 1 heterocycles. The Morgan fingerprint density at radius 2 is 2.29 bits per heavy atom. The van der Waals surface area contributed by atoms with Gasteiger partial charge in [0.1, 0.15) is 4.60 Å². The molecule has 3 nitrogen and oxygen atoms in total. The second-order valence-electron chi connectivity index (χ2n) is 2.86. The van der Waals surface area contributed by atoms with Gasteiger partial charge in [-0.25, -0.2) is 4.98 Å². The molecule has 0 aliphatic rings. The van der Waals surface area contributed by atoms with E-state index < -0.39 is 0 Å². The third kappa shape index (κ3) is 3.92. The first-order valence-electron chi connectivity index (χ1n) is 4.22. The minimum absolute atomic E-state index is 0. The molecule has 0 fully saturated rings. The Morgan fingerprint density at radius 1 is 1.57 bits per heavy atom. The standard InChI is InChI=1S/C9H13BrN2O.ClH/c10-9-7(3-1-5-12-9)8(11)4-2-6-13;/h1,3,5,8,13H,2,4,6,11H2;1H/t8-;/m0./s1. The van der Waals surface area contributed by atoms with Gasteiger partial charge in [0.2, 0.25) is 0 Å². The van der Waals surface area contributed by atoms with Gasteiger partial charge in [0.05, 0.1) is 0 Å². The van der Waals surface area contributed by atoms with E-state index in [2.05, 4.69) is 20.9 Å². The van der Waals surface area contributed by atoms with E-state index in [1.807, 2.05) is 12.1 Å². The summed E-state index contributed by atoms with van der Waals surface area (Å²) in [6.07, 6.45) is 3.22. The van der Waals surface area contributed by atoms with Crippen LogP contribution in [0.4, 0.5) is 0 Å². The Balaban J connectivity index is 0.00000169. The zero-order valence-electron chi connectivity index (χ0n) is 7.69. The third-order valence-corrected chi connectivity index (χ3v) is 2.52. The van der Waals surface area contributed by atoms with Gasteiger partial charge in [-0.3, -0.25) is 0 Å². The first-order chi connectivity index (χ1) is 6.25. The van der Waals surface area contributed by atoms with Crippen LogP contribution in [-0.2, 0) is 0 Å². The maximum absolute atomic E-state index is 8.65. The summed E-state index contributed by atoms with van der Waals surface area (Å²) < 4.78 is 0.792. The van der Waals surface area contributed by atoms with Gasteiger partial charge in [-0.2, -0.15) is 0 Å². The molecule has 5 heteroatoms. The molecular formula is C9H14BrClN2O. The zero-order chi connectivity index (χ0) is 9.68. The molecule has 0 saturated heterocycles. The van der Waals surface area contributed by atoms with Crippen LogP contribution in [0.5, 0.6) is 0 Å². The Morgan fingerprint density at radius 3 is 2.86 bits per heavy atom. The van der Waals surface area contributed by atoms with Crippen molar-refractivity contribution in [3.05, 3.63) is 28.5 Å². The fraction of sp³-hybridized carbons (Fsp3) is 0.444. The van der Waals surface area contributed by atoms with Crippen LogP contribution in [0.1, 0.15) is 24.4 Å². The van der Waals surface area contributed by atoms with Gasteiger partial charge in [0, 0.05) is 24.4 Å². The van der Waals surface area contributed by atoms with Crippen molar-refractivity contribution in [1.82, 2.24) is 4.98 Å². The van der Waals surface area contributed by atoms with Crippen molar-refractivity contribution in [1.29, 1.82) is 0 Å². The van der Waals surface area contributed by atoms with Crippen LogP contribution in [0, 0.1) is 0 Å². The van der Waals surface area contributed by atoms with Crippen molar-refractivity contribution >= 4 is 28.3 Å². The SMILES string of the molecule is Cl.N[C@@H](CCCO)c1cccnc1Br. The highest BCUT2D eigenvalue weighted by Crippen LogP contribution is 2.22. The average molecular weight is 282 g/mol. The second kappa shape index (κ2) is 7.17. The lowest BCUT2D eigenvalue weighted by Gasteiger charge is -2.11. The van der Waals surface area contributed by atoms with E-state index in [0.717, 1.165) is 23.0 Å². The fourth-order valence-electron chi connectivity index (χ4n) is 1.14. The summed E-state index contributed by atoms with van der Waals surface area (Å²) in [5.74, 6) is 0. The highest BCUT2D eigenvalue weighted by molar-refractivity contribution is 9.10. The molecule has 0 amide bonds. The van der Waals surface area contributed by atoms with E-state index in [0.29, 0.717) is 0 Å². The van der Waals surface area contributed by atoms with Crippen molar-refractivity contribution in [3.8, 4) is 0 Å². The van der Waals surface area contributed by atoms with Crippen molar-refractivity contribution < 1.29 is 5.11 Å². The van der Waals surface area contributed by atoms with Gasteiger partial charge in [-0.05, 0) is 34.8 Å². The number of rotatable bonds is 4. The number of pyridine rings is 1. The molecule has 0 aliphatic heterocycles. The second-order valence-corrected chi connectivity index (χ2v) is 3.61. The maximum atomic E-state index is 8.65. The lowest BCUT2D eigenvalue weighted by molar-refractivity contribution is 0.280. The highest BCUT2D eigenvalue weighted by atomic mass is 79.9. The maximum Gasteiger partial charge on any atom is 0.110 e. The predicted octanol–water partition coefficient (Wildman–Crippen LogP) is 2.04. The van der Waals surface area contributed by atoms with Crippen LogP contribution in [0.3, 0.4) is 0 Å². The van der Waals surface area contributed by atoms with E-state index in [9.17, 15) is 0 Å². The number of nitrogens with zero attached hydrogens (tertiary/aromatic N) is 1. The van der Waals surface area contributed by atoms with E-state index in [1.54, 1.807) is 6.20 Å². The molecule has 0 radical (unpaired) electrons. The topological polar surface area (TPSA) is 59.1 Å². The Bertz CT molecular complexity index is 273. The summed E-state index contributed by atoms with van der Waals surface area (Å²) in [5, 5.41) is 8.65. The lowest BCUT2D eigenvalue weighted by Crippen LogP contribution is -2.11. The van der Waals surface area contributed by atoms with Gasteiger partial charge in [0.15, 0.2) is 0 Å². The third-order valence-electron chi connectivity index (χ3n) is 1.86. The van der Waals surface area contributed by atoms with Crippen LogP contribution in [-0.4, -0.2) is 16.7 Å². The van der Waals surface area contributed by atoms with Gasteiger partial charge in [-0.15, -0.1) is 12.4 Å². The van der Waals surface area contributed by atoms with Crippen molar-refractivity contribution in [2.45, 2.75) is 18.9 Å². The normalized spacial score (nSPS) is 11.9. The van der Waals surface area contributed by atoms with E-state index in [1.165, 1.54) is 0 Å². The predicted molar refractivity (Wildman–Crippen MR) is 62.4 cm³/mol. The van der Waals surface area contributed by atoms with Crippen LogP contribution in [0.15, 0.2) is 22.9 Å². The number of hydrogen-bond donors (Lipinski definition) is 2. The van der Waals surface area contributed by atoms with Gasteiger partial charge >= 0.3 is 0 Å². The summed E-state index contributed by atoms with van der Waals surface area (Å²) in [6, 6.07) is 3.76. The van der Waals surface area contributed by atoms with E-state index in [4.69, 9.17) is 10.8 Å². The Hall–Kier alpha value is -0.160. The number of halogens is 2. The molecule has 14 heavy (non-hydrogen) atoms. The van der Waals surface area contributed by atoms with Crippen LogP contribution in [0.2, 0.25) is 0 Å². The molecule has 0 spiro atoms. The monoisotopic (exact) mass is 280 g/mol. The first-order valence-corrected chi connectivity index (χ1v) is 5.02. The van der Waals surface area contributed by atoms with Crippen molar-refractivity contribution in [2.24, 2.45) is 5.73 Å². The molecule has 0 unspecified atom stereocenters. The molecule has 1 aromatic rings. The molecule has 1 atom stereocenters. The van der Waals surface area contributed by atoms with Gasteiger partial charge in [-0.1, -0.05) is 6.07 Å². The average Bonchev–Trinajstić information content (AvgIpc) is 2.15. The molecule has 80 valence electrons. The number of aliphatic hydroxyl groups excluding tert-OH is 1. The highest BCUT2D eigenvalue weighted by Gasteiger charge is 2.08. The zero-order valence-corrected chi connectivity index (χ0v) is 10.1. The molecule has 0 aromatic carbocycles. The largest absolute Gasteiger partial charge is 0.396 e. The molecule has 0 bridgehead atoms. The van der Waals surface area contributed by atoms with Crippen molar-refractivity contribution in [2.75, 3.05) is 6.61 Å². The molecule has 1 rings (SSSR count). The Labute approximate surface area is 98.3 Å². The van der Waals surface area contributed by atoms with E-state index in [-0.39, 0.29) is 25.1 Å². The number of hydrogen-bond acceptors (Lipinski definition) is 3.